The molecule has 0 bridgehead atoms. The van der Waals surface area contributed by atoms with Crippen molar-refractivity contribution in [2.24, 2.45) is 0 Å². The lowest BCUT2D eigenvalue weighted by atomic mass is 10.1. The number of nitrogens with zero attached hydrogens (tertiary/aromatic N) is 1. The molecule has 2 atom stereocenters. The van der Waals surface area contributed by atoms with Crippen molar-refractivity contribution in [2.75, 3.05) is 12.4 Å². The summed E-state index contributed by atoms with van der Waals surface area (Å²) in [5.74, 6) is 0.176. The zero-order chi connectivity index (χ0) is 12.2. The molecule has 0 spiro atoms. The van der Waals surface area contributed by atoms with Crippen molar-refractivity contribution in [3.63, 3.8) is 0 Å². The summed E-state index contributed by atoms with van der Waals surface area (Å²) in [4.78, 5) is 0. The highest BCUT2D eigenvalue weighted by atomic mass is 35.5. The average Bonchev–Trinajstić information content (AvgIpc) is 2.52. The van der Waals surface area contributed by atoms with Crippen LogP contribution in [0.4, 0.5) is 0 Å². The number of rotatable bonds is 4. The molecule has 1 heterocycles. The topological polar surface area (TPSA) is 37.4 Å². The van der Waals surface area contributed by atoms with Gasteiger partial charge >= 0.3 is 0 Å². The lowest BCUT2D eigenvalue weighted by Crippen LogP contribution is -2.44. The van der Waals surface area contributed by atoms with Crippen LogP contribution >= 0.6 is 11.6 Å². The Hall–Kier alpha value is 0.200. The molecule has 16 heavy (non-hydrogen) atoms. The third-order valence-electron chi connectivity index (χ3n) is 3.35. The molecule has 0 amide bonds. The van der Waals surface area contributed by atoms with Crippen molar-refractivity contribution in [3.05, 3.63) is 0 Å². The number of sulfonamides is 1. The molecule has 1 fully saturated rings. The van der Waals surface area contributed by atoms with Gasteiger partial charge in [0.15, 0.2) is 0 Å². The molecule has 3 nitrogen and oxygen atoms in total. The van der Waals surface area contributed by atoms with E-state index in [0.29, 0.717) is 6.54 Å². The van der Waals surface area contributed by atoms with E-state index in [-0.39, 0.29) is 11.9 Å². The molecule has 0 N–H and O–H groups in total. The molecule has 1 aliphatic heterocycles. The first-order chi connectivity index (χ1) is 7.54. The minimum absolute atomic E-state index is 0.176. The third-order valence-corrected chi connectivity index (χ3v) is 6.31. The summed E-state index contributed by atoms with van der Waals surface area (Å²) < 4.78 is 26.3. The summed E-state index contributed by atoms with van der Waals surface area (Å²) in [5, 5.41) is -0.471. The monoisotopic (exact) mass is 267 g/mol. The first kappa shape index (κ1) is 14.3. The Balaban J connectivity index is 2.89. The fraction of sp³-hybridized carbons (Fsp3) is 1.00. The molecular weight excluding hydrogens is 246 g/mol. The summed E-state index contributed by atoms with van der Waals surface area (Å²) in [6.07, 6.45) is 5.14. The number of halogens is 1. The van der Waals surface area contributed by atoms with Crippen LogP contribution in [0.25, 0.3) is 0 Å². The molecule has 1 saturated heterocycles. The average molecular weight is 268 g/mol. The number of alkyl halides is 1. The van der Waals surface area contributed by atoms with Gasteiger partial charge in [-0.05, 0) is 26.2 Å². The molecule has 0 aromatic heterocycles. The Bertz CT molecular complexity index is 305. The molecule has 96 valence electrons. The normalized spacial score (nSPS) is 26.3. The molecule has 1 rings (SSSR count). The summed E-state index contributed by atoms with van der Waals surface area (Å²) in [6.45, 7) is 4.42. The Labute approximate surface area is 104 Å². The predicted molar refractivity (Wildman–Crippen MR) is 68.4 cm³/mol. The quantitative estimate of drug-likeness (QED) is 0.735. The molecule has 0 saturated carbocycles. The van der Waals surface area contributed by atoms with Crippen LogP contribution in [0.5, 0.6) is 0 Å². The van der Waals surface area contributed by atoms with E-state index < -0.39 is 15.3 Å². The Kier molecular flexibility index (Phi) is 5.54. The molecule has 0 aromatic rings. The lowest BCUT2D eigenvalue weighted by molar-refractivity contribution is 0.312. The molecule has 5 heteroatoms. The van der Waals surface area contributed by atoms with Crippen LogP contribution in [-0.4, -0.2) is 36.4 Å². The van der Waals surface area contributed by atoms with Crippen molar-refractivity contribution in [1.29, 1.82) is 0 Å². The maximum absolute atomic E-state index is 12.3. The first-order valence-corrected chi connectivity index (χ1v) is 8.14. The van der Waals surface area contributed by atoms with Gasteiger partial charge in [-0.2, -0.15) is 4.31 Å². The molecular formula is C11H22ClNO2S. The van der Waals surface area contributed by atoms with Gasteiger partial charge in [0, 0.05) is 18.5 Å². The van der Waals surface area contributed by atoms with Gasteiger partial charge in [0.05, 0.1) is 5.25 Å². The molecule has 0 aromatic carbocycles. The predicted octanol–water partition coefficient (Wildman–Crippen LogP) is 2.60. The maximum atomic E-state index is 12.3. The van der Waals surface area contributed by atoms with Crippen LogP contribution < -0.4 is 0 Å². The third kappa shape index (κ3) is 3.11. The van der Waals surface area contributed by atoms with Crippen LogP contribution in [0.1, 0.15) is 46.0 Å². The standard InChI is InChI=1S/C11H22ClNO2S/c1-3-11-7-5-4-6-8-13(11)16(14,15)10(2)9-12/h10-11H,3-9H2,1-2H3. The van der Waals surface area contributed by atoms with Crippen molar-refractivity contribution < 1.29 is 8.42 Å². The molecule has 1 aliphatic rings. The lowest BCUT2D eigenvalue weighted by Gasteiger charge is -2.30. The molecule has 0 radical (unpaired) electrons. The summed E-state index contributed by atoms with van der Waals surface area (Å²) >= 11 is 5.68. The van der Waals surface area contributed by atoms with E-state index in [4.69, 9.17) is 11.6 Å². The highest BCUT2D eigenvalue weighted by Crippen LogP contribution is 2.24. The fourth-order valence-corrected chi connectivity index (χ4v) is 4.36. The van der Waals surface area contributed by atoms with Crippen molar-refractivity contribution >= 4 is 21.6 Å². The number of hydrogen-bond acceptors (Lipinski definition) is 2. The van der Waals surface area contributed by atoms with Gasteiger partial charge in [-0.1, -0.05) is 19.8 Å². The van der Waals surface area contributed by atoms with Crippen LogP contribution in [0.2, 0.25) is 0 Å². The van der Waals surface area contributed by atoms with Gasteiger partial charge in [-0.3, -0.25) is 0 Å². The zero-order valence-electron chi connectivity index (χ0n) is 10.2. The Morgan fingerprint density at radius 3 is 2.62 bits per heavy atom. The van der Waals surface area contributed by atoms with E-state index in [1.54, 1.807) is 11.2 Å². The maximum Gasteiger partial charge on any atom is 0.218 e. The Morgan fingerprint density at radius 1 is 1.38 bits per heavy atom. The van der Waals surface area contributed by atoms with E-state index in [9.17, 15) is 8.42 Å². The van der Waals surface area contributed by atoms with Gasteiger partial charge < -0.3 is 0 Å². The van der Waals surface area contributed by atoms with E-state index in [1.165, 1.54) is 0 Å². The SMILES string of the molecule is CCC1CCCCCN1S(=O)(=O)C(C)CCl. The van der Waals surface area contributed by atoms with Crippen molar-refractivity contribution in [1.82, 2.24) is 4.31 Å². The van der Waals surface area contributed by atoms with E-state index in [1.807, 2.05) is 0 Å². The smallest absolute Gasteiger partial charge is 0.212 e. The summed E-state index contributed by atoms with van der Waals surface area (Å²) in [5.41, 5.74) is 0. The largest absolute Gasteiger partial charge is 0.218 e. The van der Waals surface area contributed by atoms with Gasteiger partial charge in [0.25, 0.3) is 0 Å². The van der Waals surface area contributed by atoms with E-state index in [2.05, 4.69) is 6.92 Å². The summed E-state index contributed by atoms with van der Waals surface area (Å²) in [6, 6.07) is 0.179. The highest BCUT2D eigenvalue weighted by Gasteiger charge is 2.33. The van der Waals surface area contributed by atoms with Crippen LogP contribution in [0.15, 0.2) is 0 Å². The van der Waals surface area contributed by atoms with Gasteiger partial charge in [-0.25, -0.2) is 8.42 Å². The second kappa shape index (κ2) is 6.22. The molecule has 0 aliphatic carbocycles. The second-order valence-electron chi connectivity index (χ2n) is 4.53. The Morgan fingerprint density at radius 2 is 2.06 bits per heavy atom. The second-order valence-corrected chi connectivity index (χ2v) is 7.14. The van der Waals surface area contributed by atoms with Gasteiger partial charge in [0.1, 0.15) is 0 Å². The van der Waals surface area contributed by atoms with Crippen molar-refractivity contribution in [3.8, 4) is 0 Å². The minimum atomic E-state index is -3.20. The minimum Gasteiger partial charge on any atom is -0.212 e. The van der Waals surface area contributed by atoms with Gasteiger partial charge in [-0.15, -0.1) is 11.6 Å². The van der Waals surface area contributed by atoms with Crippen LogP contribution in [0.3, 0.4) is 0 Å². The van der Waals surface area contributed by atoms with Crippen molar-refractivity contribution in [2.45, 2.75) is 57.2 Å². The zero-order valence-corrected chi connectivity index (χ0v) is 11.7. The fourth-order valence-electron chi connectivity index (χ4n) is 2.20. The highest BCUT2D eigenvalue weighted by molar-refractivity contribution is 7.89. The first-order valence-electron chi connectivity index (χ1n) is 6.10. The van der Waals surface area contributed by atoms with E-state index in [0.717, 1.165) is 32.1 Å². The van der Waals surface area contributed by atoms with Crippen LogP contribution in [-0.2, 0) is 10.0 Å². The van der Waals surface area contributed by atoms with E-state index >= 15 is 0 Å². The van der Waals surface area contributed by atoms with Gasteiger partial charge in [0.2, 0.25) is 10.0 Å². The number of hydrogen-bond donors (Lipinski definition) is 0. The summed E-state index contributed by atoms with van der Waals surface area (Å²) in [7, 11) is -3.20. The molecule has 2 unspecified atom stereocenters. The van der Waals surface area contributed by atoms with Crippen LogP contribution in [0, 0.1) is 0 Å².